The van der Waals surface area contributed by atoms with E-state index >= 15 is 0 Å². The quantitative estimate of drug-likeness (QED) is 0.677. The summed E-state index contributed by atoms with van der Waals surface area (Å²) in [6.07, 6.45) is 0. The Hall–Kier alpha value is -4.00. The Kier molecular flexibility index (Phi) is 3.81. The van der Waals surface area contributed by atoms with E-state index < -0.39 is 5.41 Å². The van der Waals surface area contributed by atoms with Crippen molar-refractivity contribution in [3.05, 3.63) is 71.3 Å². The van der Waals surface area contributed by atoms with E-state index in [9.17, 15) is 9.59 Å². The summed E-state index contributed by atoms with van der Waals surface area (Å²) in [6.45, 7) is 0.343. The lowest BCUT2D eigenvalue weighted by Gasteiger charge is -2.23. The topological polar surface area (TPSA) is 77.1 Å². The van der Waals surface area contributed by atoms with Crippen LogP contribution >= 0.6 is 0 Å². The van der Waals surface area contributed by atoms with E-state index in [1.54, 1.807) is 25.1 Å². The second kappa shape index (κ2) is 6.50. The molecule has 0 aliphatic carbocycles. The Bertz CT molecular complexity index is 1300. The van der Waals surface area contributed by atoms with Crippen LogP contribution in [0, 0.1) is 0 Å². The highest BCUT2D eigenvalue weighted by Gasteiger charge is 2.55. The van der Waals surface area contributed by atoms with Crippen molar-refractivity contribution in [1.29, 1.82) is 0 Å². The molecule has 7 nitrogen and oxygen atoms in total. The van der Waals surface area contributed by atoms with Crippen LogP contribution < -0.4 is 19.5 Å². The molecule has 0 aromatic heterocycles. The number of rotatable bonds is 2. The summed E-state index contributed by atoms with van der Waals surface area (Å²) in [5.41, 5.74) is 3.85. The maximum Gasteiger partial charge on any atom is 0.253 e. The average molecular weight is 428 g/mol. The number of benzene rings is 3. The van der Waals surface area contributed by atoms with Gasteiger partial charge < -0.3 is 24.4 Å². The van der Waals surface area contributed by atoms with Gasteiger partial charge in [0.15, 0.2) is 11.5 Å². The molecule has 1 spiro atoms. The number of hydrogen-bond acceptors (Lipinski definition) is 5. The molecule has 7 heteroatoms. The first-order chi connectivity index (χ1) is 15.5. The summed E-state index contributed by atoms with van der Waals surface area (Å²) in [5.74, 6) is 1.67. The highest BCUT2D eigenvalue weighted by Crippen LogP contribution is 2.55. The van der Waals surface area contributed by atoms with Crippen LogP contribution in [0.25, 0.3) is 11.1 Å². The lowest BCUT2D eigenvalue weighted by atomic mass is 9.74. The lowest BCUT2D eigenvalue weighted by Crippen LogP contribution is -2.37. The van der Waals surface area contributed by atoms with Crippen molar-refractivity contribution in [2.75, 3.05) is 32.8 Å². The third kappa shape index (κ3) is 2.42. The van der Waals surface area contributed by atoms with Crippen molar-refractivity contribution < 1.29 is 23.8 Å². The van der Waals surface area contributed by atoms with Gasteiger partial charge in [-0.25, -0.2) is 0 Å². The van der Waals surface area contributed by atoms with Crippen LogP contribution in [-0.4, -0.2) is 44.2 Å². The van der Waals surface area contributed by atoms with Crippen molar-refractivity contribution in [3.63, 3.8) is 0 Å². The van der Waals surface area contributed by atoms with Crippen LogP contribution in [-0.2, 0) is 10.2 Å². The van der Waals surface area contributed by atoms with Crippen LogP contribution in [0.2, 0.25) is 0 Å². The van der Waals surface area contributed by atoms with E-state index in [4.69, 9.17) is 14.2 Å². The summed E-state index contributed by atoms with van der Waals surface area (Å²) in [6, 6.07) is 16.9. The molecule has 3 aromatic rings. The zero-order valence-corrected chi connectivity index (χ0v) is 17.6. The fourth-order valence-corrected chi connectivity index (χ4v) is 4.78. The number of ether oxygens (including phenoxy) is 3. The number of amides is 2. The largest absolute Gasteiger partial charge is 0.491 e. The molecule has 3 aliphatic rings. The lowest BCUT2D eigenvalue weighted by molar-refractivity contribution is -0.119. The van der Waals surface area contributed by atoms with Crippen molar-refractivity contribution >= 4 is 17.5 Å². The van der Waals surface area contributed by atoms with E-state index in [1.807, 2.05) is 48.5 Å². The van der Waals surface area contributed by atoms with Crippen LogP contribution in [0.15, 0.2) is 54.6 Å². The van der Waals surface area contributed by atoms with E-state index in [-0.39, 0.29) is 25.2 Å². The first kappa shape index (κ1) is 18.7. The number of anilines is 1. The highest BCUT2D eigenvalue weighted by atomic mass is 16.7. The van der Waals surface area contributed by atoms with Gasteiger partial charge in [0.2, 0.25) is 12.7 Å². The zero-order valence-electron chi connectivity index (χ0n) is 17.6. The van der Waals surface area contributed by atoms with Gasteiger partial charge in [0.05, 0.1) is 0 Å². The van der Waals surface area contributed by atoms with E-state index in [0.717, 1.165) is 27.9 Å². The van der Waals surface area contributed by atoms with E-state index in [2.05, 4.69) is 5.32 Å². The molecule has 2 amide bonds. The molecule has 0 bridgehead atoms. The maximum atomic E-state index is 13.4. The van der Waals surface area contributed by atoms with Crippen molar-refractivity contribution in [2.24, 2.45) is 0 Å². The number of nitrogens with one attached hydrogen (secondary N) is 1. The number of carbonyl (C=O) groups is 2. The first-order valence-corrected chi connectivity index (χ1v) is 10.3. The minimum absolute atomic E-state index is 0.0580. The summed E-state index contributed by atoms with van der Waals surface area (Å²) >= 11 is 0. The van der Waals surface area contributed by atoms with Crippen molar-refractivity contribution in [1.82, 2.24) is 4.90 Å². The van der Waals surface area contributed by atoms with Gasteiger partial charge in [0.25, 0.3) is 5.91 Å². The molecule has 6 rings (SSSR count). The molecule has 3 aliphatic heterocycles. The molecule has 3 heterocycles. The zero-order chi connectivity index (χ0) is 22.0. The van der Waals surface area contributed by atoms with Crippen LogP contribution in [0.1, 0.15) is 21.5 Å². The second-order valence-electron chi connectivity index (χ2n) is 8.35. The Morgan fingerprint density at radius 3 is 2.47 bits per heavy atom. The van der Waals surface area contributed by atoms with Gasteiger partial charge in [-0.1, -0.05) is 24.3 Å². The minimum atomic E-state index is -0.986. The van der Waals surface area contributed by atoms with Crippen molar-refractivity contribution in [3.8, 4) is 28.4 Å². The molecule has 0 fully saturated rings. The molecular weight excluding hydrogens is 408 g/mol. The van der Waals surface area contributed by atoms with Gasteiger partial charge in [-0.2, -0.15) is 0 Å². The summed E-state index contributed by atoms with van der Waals surface area (Å²) in [7, 11) is 3.45. The molecule has 32 heavy (non-hydrogen) atoms. The summed E-state index contributed by atoms with van der Waals surface area (Å²) in [4.78, 5) is 27.2. The Morgan fingerprint density at radius 1 is 0.969 bits per heavy atom. The van der Waals surface area contributed by atoms with Crippen LogP contribution in [0.5, 0.6) is 17.2 Å². The predicted octanol–water partition coefficient (Wildman–Crippen LogP) is 3.41. The third-order valence-electron chi connectivity index (χ3n) is 6.35. The second-order valence-corrected chi connectivity index (χ2v) is 8.35. The molecule has 0 radical (unpaired) electrons. The molecule has 1 unspecified atom stereocenters. The Balaban J connectivity index is 1.52. The fourth-order valence-electron chi connectivity index (χ4n) is 4.78. The standard InChI is InChI=1S/C25H20N2O5/c1-27(2)23(28)15-8-6-14(7-9-15)16-4-3-5-18-22(16)25(24(29)26-18)12-30-19-11-21-20(10-17(19)25)31-13-32-21/h3-11H,12-13H2,1-2H3,(H,26,29). The van der Waals surface area contributed by atoms with Gasteiger partial charge in [-0.3, -0.25) is 9.59 Å². The number of hydrogen-bond donors (Lipinski definition) is 1. The monoisotopic (exact) mass is 428 g/mol. The number of nitrogens with zero attached hydrogens (tertiary/aromatic N) is 1. The average Bonchev–Trinajstić information content (AvgIpc) is 3.48. The van der Waals surface area contributed by atoms with Crippen LogP contribution in [0.3, 0.4) is 0 Å². The Morgan fingerprint density at radius 2 is 1.72 bits per heavy atom. The minimum Gasteiger partial charge on any atom is -0.491 e. The molecular formula is C25H20N2O5. The predicted molar refractivity (Wildman–Crippen MR) is 117 cm³/mol. The van der Waals surface area contributed by atoms with E-state index in [1.165, 1.54) is 0 Å². The SMILES string of the molecule is CN(C)C(=O)c1ccc(-c2cccc3c2C2(COc4cc5c(cc42)OCO5)C(=O)N3)cc1. The number of fused-ring (bicyclic) bond motifs is 5. The molecule has 3 aromatic carbocycles. The van der Waals surface area contributed by atoms with Crippen molar-refractivity contribution in [2.45, 2.75) is 5.41 Å². The molecule has 0 saturated heterocycles. The first-order valence-electron chi connectivity index (χ1n) is 10.3. The molecule has 1 N–H and O–H groups in total. The number of carbonyl (C=O) groups excluding carboxylic acids is 2. The van der Waals surface area contributed by atoms with Gasteiger partial charge in [-0.15, -0.1) is 0 Å². The third-order valence-corrected chi connectivity index (χ3v) is 6.35. The van der Waals surface area contributed by atoms with Gasteiger partial charge >= 0.3 is 0 Å². The highest BCUT2D eigenvalue weighted by molar-refractivity contribution is 6.12. The van der Waals surface area contributed by atoms with Gasteiger partial charge in [0.1, 0.15) is 17.8 Å². The molecule has 1 atom stereocenters. The van der Waals surface area contributed by atoms with E-state index in [0.29, 0.717) is 22.8 Å². The Labute approximate surface area is 184 Å². The van der Waals surface area contributed by atoms with Gasteiger partial charge in [-0.05, 0) is 35.4 Å². The normalized spacial score (nSPS) is 19.4. The summed E-state index contributed by atoms with van der Waals surface area (Å²) < 4.78 is 17.1. The molecule has 160 valence electrons. The van der Waals surface area contributed by atoms with Gasteiger partial charge in [0, 0.05) is 42.5 Å². The van der Waals surface area contributed by atoms with Crippen LogP contribution in [0.4, 0.5) is 5.69 Å². The maximum absolute atomic E-state index is 13.4. The fraction of sp³-hybridized carbons (Fsp3) is 0.200. The summed E-state index contributed by atoms with van der Waals surface area (Å²) in [5, 5.41) is 3.04. The molecule has 0 saturated carbocycles. The smallest absolute Gasteiger partial charge is 0.253 e.